The molecule has 0 saturated carbocycles. The van der Waals surface area contributed by atoms with Crippen molar-refractivity contribution < 1.29 is 4.74 Å². The van der Waals surface area contributed by atoms with Gasteiger partial charge in [0.25, 0.3) is 0 Å². The quantitative estimate of drug-likeness (QED) is 0.684. The Morgan fingerprint density at radius 3 is 2.63 bits per heavy atom. The smallest absolute Gasteiger partial charge is 0.132 e. The summed E-state index contributed by atoms with van der Waals surface area (Å²) in [5.41, 5.74) is 12.9. The van der Waals surface area contributed by atoms with Crippen molar-refractivity contribution in [2.24, 2.45) is 0 Å². The van der Waals surface area contributed by atoms with Crippen molar-refractivity contribution in [3.63, 3.8) is 0 Å². The predicted octanol–water partition coefficient (Wildman–Crippen LogP) is 4.11. The summed E-state index contributed by atoms with van der Waals surface area (Å²) in [6, 6.07) is 11.3. The zero-order valence-corrected chi connectivity index (χ0v) is 17.1. The van der Waals surface area contributed by atoms with Gasteiger partial charge in [-0.1, -0.05) is 12.1 Å². The number of pyridine rings is 1. The van der Waals surface area contributed by atoms with E-state index in [1.165, 1.54) is 30.3 Å². The first-order valence-corrected chi connectivity index (χ1v) is 10.8. The minimum atomic E-state index is 0.422. The monoisotopic (exact) mass is 401 g/mol. The maximum absolute atomic E-state index is 6.16. The molecule has 1 atom stereocenters. The number of hydrogen-bond acceptors (Lipinski definition) is 6. The number of anilines is 1. The van der Waals surface area contributed by atoms with Crippen LogP contribution in [0.3, 0.4) is 0 Å². The van der Waals surface area contributed by atoms with Crippen LogP contribution in [0.15, 0.2) is 49.1 Å². The van der Waals surface area contributed by atoms with E-state index in [-0.39, 0.29) is 0 Å². The summed E-state index contributed by atoms with van der Waals surface area (Å²) in [5.74, 6) is 1.06. The maximum atomic E-state index is 6.16. The van der Waals surface area contributed by atoms with Crippen LogP contribution in [0.4, 0.5) is 5.82 Å². The number of nitrogens with one attached hydrogen (secondary N) is 1. The minimum absolute atomic E-state index is 0.422. The first-order valence-electron chi connectivity index (χ1n) is 10.8. The van der Waals surface area contributed by atoms with Crippen LogP contribution in [0.2, 0.25) is 0 Å². The molecule has 154 valence electrons. The highest BCUT2D eigenvalue weighted by Crippen LogP contribution is 2.38. The van der Waals surface area contributed by atoms with E-state index in [4.69, 9.17) is 10.5 Å². The lowest BCUT2D eigenvalue weighted by atomic mass is 9.84. The summed E-state index contributed by atoms with van der Waals surface area (Å²) in [6.45, 7) is 2.80. The van der Waals surface area contributed by atoms with Crippen LogP contribution in [-0.2, 0) is 4.74 Å². The fourth-order valence-electron chi connectivity index (χ4n) is 4.67. The van der Waals surface area contributed by atoms with Gasteiger partial charge >= 0.3 is 0 Å². The largest absolute Gasteiger partial charge is 0.383 e. The van der Waals surface area contributed by atoms with E-state index in [9.17, 15) is 0 Å². The Morgan fingerprint density at radius 1 is 0.967 bits per heavy atom. The number of rotatable bonds is 4. The molecule has 6 heteroatoms. The summed E-state index contributed by atoms with van der Waals surface area (Å²) in [5, 5.41) is 3.69. The van der Waals surface area contributed by atoms with Crippen LogP contribution < -0.4 is 11.1 Å². The molecule has 30 heavy (non-hydrogen) atoms. The molecule has 0 amide bonds. The number of benzene rings is 1. The number of hydrogen-bond donors (Lipinski definition) is 2. The van der Waals surface area contributed by atoms with Gasteiger partial charge in [-0.25, -0.2) is 15.0 Å². The molecule has 2 aliphatic rings. The van der Waals surface area contributed by atoms with Crippen molar-refractivity contribution in [1.82, 2.24) is 20.3 Å². The molecule has 5 rings (SSSR count). The zero-order valence-electron chi connectivity index (χ0n) is 17.1. The van der Waals surface area contributed by atoms with Crippen LogP contribution >= 0.6 is 0 Å². The van der Waals surface area contributed by atoms with E-state index in [0.29, 0.717) is 17.8 Å². The van der Waals surface area contributed by atoms with Crippen molar-refractivity contribution >= 4 is 5.82 Å². The predicted molar refractivity (Wildman–Crippen MR) is 118 cm³/mol. The van der Waals surface area contributed by atoms with Gasteiger partial charge in [-0.3, -0.25) is 0 Å². The Balaban J connectivity index is 1.55. The number of ether oxygens (including phenoxy) is 1. The van der Waals surface area contributed by atoms with Crippen LogP contribution in [0, 0.1) is 0 Å². The second-order valence-corrected chi connectivity index (χ2v) is 8.13. The highest BCUT2D eigenvalue weighted by atomic mass is 16.5. The van der Waals surface area contributed by atoms with Crippen molar-refractivity contribution in [1.29, 1.82) is 0 Å². The number of nitrogen functional groups attached to an aromatic ring is 1. The lowest BCUT2D eigenvalue weighted by Gasteiger charge is -2.27. The van der Waals surface area contributed by atoms with Crippen LogP contribution in [0.5, 0.6) is 0 Å². The summed E-state index contributed by atoms with van der Waals surface area (Å²) in [4.78, 5) is 12.8. The van der Waals surface area contributed by atoms with Gasteiger partial charge in [0.05, 0.1) is 5.69 Å². The van der Waals surface area contributed by atoms with Crippen molar-refractivity contribution in [2.45, 2.75) is 37.6 Å². The molecule has 0 radical (unpaired) electrons. The van der Waals surface area contributed by atoms with Gasteiger partial charge in [0, 0.05) is 42.8 Å². The fraction of sp³-hybridized carbons (Fsp3) is 0.375. The maximum Gasteiger partial charge on any atom is 0.132 e. The minimum Gasteiger partial charge on any atom is -0.383 e. The summed E-state index contributed by atoms with van der Waals surface area (Å²) in [6.07, 6.45) is 9.72. The number of aromatic nitrogens is 3. The third kappa shape index (κ3) is 3.80. The molecule has 3 N–H and O–H groups in total. The van der Waals surface area contributed by atoms with Gasteiger partial charge in [-0.2, -0.15) is 0 Å². The van der Waals surface area contributed by atoms with Crippen molar-refractivity contribution in [3.05, 3.63) is 60.2 Å². The second kappa shape index (κ2) is 8.50. The van der Waals surface area contributed by atoms with E-state index >= 15 is 0 Å². The molecule has 0 bridgehead atoms. The van der Waals surface area contributed by atoms with E-state index in [2.05, 4.69) is 44.5 Å². The van der Waals surface area contributed by atoms with Gasteiger partial charge in [0.2, 0.25) is 0 Å². The fourth-order valence-corrected chi connectivity index (χ4v) is 4.67. The van der Waals surface area contributed by atoms with Gasteiger partial charge < -0.3 is 15.8 Å². The number of nitrogens with zero attached hydrogens (tertiary/aromatic N) is 3. The molecule has 1 aromatic carbocycles. The second-order valence-electron chi connectivity index (χ2n) is 8.13. The molecule has 0 aliphatic carbocycles. The molecule has 2 fully saturated rings. The molecular weight excluding hydrogens is 374 g/mol. The lowest BCUT2D eigenvalue weighted by molar-refractivity contribution is 0.0851. The Labute approximate surface area is 176 Å². The molecule has 0 spiro atoms. The van der Waals surface area contributed by atoms with Gasteiger partial charge in [0.1, 0.15) is 12.1 Å². The summed E-state index contributed by atoms with van der Waals surface area (Å²) >= 11 is 0. The standard InChI is InChI=1S/C24H27N5O/c25-24-21(23-5-9-26-15-29-23)13-18(14-28-24)17-3-4-19(16-6-10-30-11-7-16)20(12-17)22-2-1-8-27-22/h3-5,9,12-16,22,27H,1-2,6-8,10-11H2,(H2,25,28)/t22-/m0/s1. The third-order valence-electron chi connectivity index (χ3n) is 6.29. The van der Waals surface area contributed by atoms with E-state index in [1.54, 1.807) is 6.20 Å². The van der Waals surface area contributed by atoms with E-state index in [0.717, 1.165) is 55.0 Å². The highest BCUT2D eigenvalue weighted by molar-refractivity contribution is 5.77. The average Bonchev–Trinajstić information content (AvgIpc) is 3.35. The van der Waals surface area contributed by atoms with Crippen LogP contribution in [0.1, 0.15) is 48.8 Å². The third-order valence-corrected chi connectivity index (χ3v) is 6.29. The molecule has 4 heterocycles. The van der Waals surface area contributed by atoms with Crippen molar-refractivity contribution in [3.8, 4) is 22.4 Å². The van der Waals surface area contributed by atoms with Gasteiger partial charge in [0.15, 0.2) is 0 Å². The Hall–Kier alpha value is -2.83. The summed E-state index contributed by atoms with van der Waals surface area (Å²) in [7, 11) is 0. The molecular formula is C24H27N5O. The summed E-state index contributed by atoms with van der Waals surface area (Å²) < 4.78 is 5.60. The molecule has 2 aliphatic heterocycles. The molecule has 3 aromatic rings. The van der Waals surface area contributed by atoms with E-state index < -0.39 is 0 Å². The van der Waals surface area contributed by atoms with Crippen LogP contribution in [0.25, 0.3) is 22.4 Å². The molecule has 2 saturated heterocycles. The van der Waals surface area contributed by atoms with Crippen LogP contribution in [-0.4, -0.2) is 34.7 Å². The zero-order chi connectivity index (χ0) is 20.3. The molecule has 2 aromatic heterocycles. The SMILES string of the molecule is Nc1ncc(-c2ccc(C3CCOCC3)c([C@@H]3CCCN3)c2)cc1-c1ccncn1. The Morgan fingerprint density at radius 2 is 1.87 bits per heavy atom. The first kappa shape index (κ1) is 19.2. The van der Waals surface area contributed by atoms with Gasteiger partial charge in [-0.05, 0) is 73.0 Å². The number of nitrogens with two attached hydrogens (primary N) is 1. The average molecular weight is 402 g/mol. The Bertz CT molecular complexity index is 1010. The molecule has 6 nitrogen and oxygen atoms in total. The lowest BCUT2D eigenvalue weighted by Crippen LogP contribution is -2.19. The molecule has 0 unspecified atom stereocenters. The highest BCUT2D eigenvalue weighted by Gasteiger charge is 2.25. The topological polar surface area (TPSA) is 86.0 Å². The normalized spacial score (nSPS) is 19.8. The first-order chi connectivity index (χ1) is 14.8. The van der Waals surface area contributed by atoms with E-state index in [1.807, 2.05) is 12.3 Å². The van der Waals surface area contributed by atoms with Crippen molar-refractivity contribution in [2.75, 3.05) is 25.5 Å². The Kier molecular flexibility index (Phi) is 5.43. The van der Waals surface area contributed by atoms with Gasteiger partial charge in [-0.15, -0.1) is 0 Å².